The summed E-state index contributed by atoms with van der Waals surface area (Å²) in [6.07, 6.45) is 0. The second-order valence-corrected chi connectivity index (χ2v) is 6.16. The molecule has 0 aliphatic carbocycles. The third-order valence-electron chi connectivity index (χ3n) is 3.29. The fourth-order valence-electron chi connectivity index (χ4n) is 1.92. The van der Waals surface area contributed by atoms with Crippen LogP contribution in [0, 0.1) is 0 Å². The summed E-state index contributed by atoms with van der Waals surface area (Å²) in [5.74, 6) is -1.02. The van der Waals surface area contributed by atoms with E-state index in [-0.39, 0.29) is 24.5 Å². The van der Waals surface area contributed by atoms with E-state index in [2.05, 4.69) is 0 Å². The summed E-state index contributed by atoms with van der Waals surface area (Å²) in [6, 6.07) is 9.71. The van der Waals surface area contributed by atoms with E-state index in [1.807, 2.05) is 51.1 Å². The van der Waals surface area contributed by atoms with Crippen molar-refractivity contribution in [2.24, 2.45) is 0 Å². The lowest BCUT2D eigenvalue weighted by atomic mass is 10.1. The first-order chi connectivity index (χ1) is 9.70. The molecule has 0 saturated heterocycles. The minimum absolute atomic E-state index is 0.0879. The Morgan fingerprint density at radius 2 is 1.67 bits per heavy atom. The average Bonchev–Trinajstić information content (AvgIpc) is 2.37. The normalized spacial score (nSPS) is 11.5. The van der Waals surface area contributed by atoms with Gasteiger partial charge in [0.05, 0.1) is 13.1 Å². The van der Waals surface area contributed by atoms with Crippen molar-refractivity contribution in [3.8, 4) is 0 Å². The summed E-state index contributed by atoms with van der Waals surface area (Å²) >= 11 is 0. The molecule has 0 saturated carbocycles. The molecule has 0 aliphatic rings. The fraction of sp³-hybridized carbons (Fsp3) is 0.500. The van der Waals surface area contributed by atoms with E-state index in [9.17, 15) is 9.59 Å². The van der Waals surface area contributed by atoms with Crippen LogP contribution in [0.2, 0.25) is 0 Å². The highest BCUT2D eigenvalue weighted by Gasteiger charge is 2.26. The fourth-order valence-corrected chi connectivity index (χ4v) is 1.92. The van der Waals surface area contributed by atoms with Gasteiger partial charge in [-0.3, -0.25) is 14.5 Å². The monoisotopic (exact) mass is 292 g/mol. The number of nitrogens with zero attached hydrogens (tertiary/aromatic N) is 2. The van der Waals surface area contributed by atoms with Crippen molar-refractivity contribution < 1.29 is 14.7 Å². The lowest BCUT2D eigenvalue weighted by Gasteiger charge is -2.34. The minimum Gasteiger partial charge on any atom is -0.480 e. The Morgan fingerprint density at radius 3 is 2.14 bits per heavy atom. The third-order valence-corrected chi connectivity index (χ3v) is 3.29. The SMILES string of the molecule is CN(Cc1ccccc1)C(=O)CN(CC(=O)O)C(C)(C)C. The molecule has 0 spiro atoms. The number of carboxylic acid groups (broad SMARTS) is 1. The molecule has 1 amide bonds. The highest BCUT2D eigenvalue weighted by molar-refractivity contribution is 5.79. The van der Waals surface area contributed by atoms with Gasteiger partial charge in [-0.2, -0.15) is 0 Å². The van der Waals surface area contributed by atoms with E-state index in [0.717, 1.165) is 5.56 Å². The molecular weight excluding hydrogens is 268 g/mol. The number of rotatable bonds is 6. The van der Waals surface area contributed by atoms with Gasteiger partial charge in [0.25, 0.3) is 0 Å². The molecule has 0 heterocycles. The van der Waals surface area contributed by atoms with E-state index < -0.39 is 5.97 Å². The Kier molecular flexibility index (Phi) is 5.90. The first-order valence-corrected chi connectivity index (χ1v) is 6.95. The number of aliphatic carboxylic acids is 1. The molecule has 0 atom stereocenters. The molecule has 5 nitrogen and oxygen atoms in total. The van der Waals surface area contributed by atoms with Crippen LogP contribution in [-0.4, -0.2) is 52.5 Å². The molecular formula is C16H24N2O3. The number of hydrogen-bond donors (Lipinski definition) is 1. The van der Waals surface area contributed by atoms with Gasteiger partial charge in [0.15, 0.2) is 0 Å². The van der Waals surface area contributed by atoms with Crippen molar-refractivity contribution in [1.82, 2.24) is 9.80 Å². The van der Waals surface area contributed by atoms with E-state index in [1.165, 1.54) is 0 Å². The Labute approximate surface area is 126 Å². The quantitative estimate of drug-likeness (QED) is 0.869. The number of carbonyl (C=O) groups excluding carboxylic acids is 1. The topological polar surface area (TPSA) is 60.9 Å². The van der Waals surface area contributed by atoms with Crippen molar-refractivity contribution in [2.75, 3.05) is 20.1 Å². The zero-order valence-corrected chi connectivity index (χ0v) is 13.2. The van der Waals surface area contributed by atoms with Gasteiger partial charge in [0.2, 0.25) is 5.91 Å². The lowest BCUT2D eigenvalue weighted by molar-refractivity contribution is -0.141. The lowest BCUT2D eigenvalue weighted by Crippen LogP contribution is -2.49. The van der Waals surface area contributed by atoms with E-state index in [4.69, 9.17) is 5.11 Å². The van der Waals surface area contributed by atoms with Crippen LogP contribution in [-0.2, 0) is 16.1 Å². The van der Waals surface area contributed by atoms with Crippen LogP contribution < -0.4 is 0 Å². The average molecular weight is 292 g/mol. The van der Waals surface area contributed by atoms with Gasteiger partial charge >= 0.3 is 5.97 Å². The predicted octanol–water partition coefficient (Wildman–Crippen LogP) is 1.83. The van der Waals surface area contributed by atoms with Gasteiger partial charge in [-0.15, -0.1) is 0 Å². The first-order valence-electron chi connectivity index (χ1n) is 6.95. The zero-order valence-electron chi connectivity index (χ0n) is 13.2. The largest absolute Gasteiger partial charge is 0.480 e. The van der Waals surface area contributed by atoms with E-state index >= 15 is 0 Å². The number of benzene rings is 1. The number of amides is 1. The Balaban J connectivity index is 2.66. The van der Waals surface area contributed by atoms with Gasteiger partial charge in [-0.25, -0.2) is 0 Å². The van der Waals surface area contributed by atoms with Gasteiger partial charge in [0, 0.05) is 19.1 Å². The molecule has 1 aromatic rings. The molecule has 116 valence electrons. The summed E-state index contributed by atoms with van der Waals surface area (Å²) < 4.78 is 0. The maximum absolute atomic E-state index is 12.3. The summed E-state index contributed by atoms with van der Waals surface area (Å²) in [7, 11) is 1.73. The molecule has 5 heteroatoms. The number of likely N-dealkylation sites (N-methyl/N-ethyl adjacent to an activating group) is 1. The molecule has 0 aliphatic heterocycles. The van der Waals surface area contributed by atoms with Gasteiger partial charge in [0.1, 0.15) is 0 Å². The Hall–Kier alpha value is -1.88. The first kappa shape index (κ1) is 17.2. The van der Waals surface area contributed by atoms with Crippen LogP contribution in [0.1, 0.15) is 26.3 Å². The predicted molar refractivity (Wildman–Crippen MR) is 81.9 cm³/mol. The van der Waals surface area contributed by atoms with Crippen molar-refractivity contribution in [2.45, 2.75) is 32.9 Å². The number of carbonyl (C=O) groups is 2. The Morgan fingerprint density at radius 1 is 1.10 bits per heavy atom. The van der Waals surface area contributed by atoms with Crippen LogP contribution in [0.3, 0.4) is 0 Å². The third kappa shape index (κ3) is 5.95. The van der Waals surface area contributed by atoms with E-state index in [1.54, 1.807) is 16.8 Å². The van der Waals surface area contributed by atoms with Crippen LogP contribution in [0.4, 0.5) is 0 Å². The van der Waals surface area contributed by atoms with Crippen molar-refractivity contribution in [3.05, 3.63) is 35.9 Å². The van der Waals surface area contributed by atoms with Crippen molar-refractivity contribution in [3.63, 3.8) is 0 Å². The van der Waals surface area contributed by atoms with Crippen LogP contribution in [0.5, 0.6) is 0 Å². The molecule has 0 fully saturated rings. The molecule has 1 rings (SSSR count). The molecule has 0 bridgehead atoms. The maximum atomic E-state index is 12.3. The highest BCUT2D eigenvalue weighted by Crippen LogP contribution is 2.13. The standard InChI is InChI=1S/C16H24N2O3/c1-16(2,3)18(12-15(20)21)11-14(19)17(4)10-13-8-6-5-7-9-13/h5-9H,10-12H2,1-4H3,(H,20,21). The minimum atomic E-state index is -0.927. The second-order valence-electron chi connectivity index (χ2n) is 6.16. The second kappa shape index (κ2) is 7.22. The molecule has 0 aromatic heterocycles. The summed E-state index contributed by atoms with van der Waals surface area (Å²) in [5.41, 5.74) is 0.677. The van der Waals surface area contributed by atoms with Gasteiger partial charge < -0.3 is 10.0 Å². The Bertz CT molecular complexity index is 480. The van der Waals surface area contributed by atoms with Gasteiger partial charge in [-0.05, 0) is 26.3 Å². The van der Waals surface area contributed by atoms with Crippen molar-refractivity contribution in [1.29, 1.82) is 0 Å². The summed E-state index contributed by atoms with van der Waals surface area (Å²) in [5, 5.41) is 8.97. The number of carboxylic acids is 1. The molecule has 21 heavy (non-hydrogen) atoms. The molecule has 1 aromatic carbocycles. The van der Waals surface area contributed by atoms with Crippen LogP contribution in [0.15, 0.2) is 30.3 Å². The zero-order chi connectivity index (χ0) is 16.0. The molecule has 0 radical (unpaired) electrons. The molecule has 1 N–H and O–H groups in total. The number of hydrogen-bond acceptors (Lipinski definition) is 3. The van der Waals surface area contributed by atoms with Crippen LogP contribution >= 0.6 is 0 Å². The van der Waals surface area contributed by atoms with Gasteiger partial charge in [-0.1, -0.05) is 30.3 Å². The maximum Gasteiger partial charge on any atom is 0.317 e. The molecule has 0 unspecified atom stereocenters. The summed E-state index contributed by atoms with van der Waals surface area (Å²) in [6.45, 7) is 6.18. The van der Waals surface area contributed by atoms with Crippen molar-refractivity contribution >= 4 is 11.9 Å². The van der Waals surface area contributed by atoms with Crippen LogP contribution in [0.25, 0.3) is 0 Å². The highest BCUT2D eigenvalue weighted by atomic mass is 16.4. The smallest absolute Gasteiger partial charge is 0.317 e. The van der Waals surface area contributed by atoms with E-state index in [0.29, 0.717) is 6.54 Å². The summed E-state index contributed by atoms with van der Waals surface area (Å²) in [4.78, 5) is 26.5.